The zero-order chi connectivity index (χ0) is 20.4. The summed E-state index contributed by atoms with van der Waals surface area (Å²) in [5, 5.41) is 6.30. The van der Waals surface area contributed by atoms with Crippen molar-refractivity contribution >= 4 is 28.5 Å². The lowest BCUT2D eigenvalue weighted by atomic mass is 10.1. The Balaban J connectivity index is 1.70. The summed E-state index contributed by atoms with van der Waals surface area (Å²) in [7, 11) is 1.58. The Labute approximate surface area is 163 Å². The van der Waals surface area contributed by atoms with E-state index in [0.717, 1.165) is 27.8 Å². The largest absolute Gasteiger partial charge is 0.497 e. The number of nitrogens with one attached hydrogen (secondary N) is 2. The van der Waals surface area contributed by atoms with Gasteiger partial charge in [-0.2, -0.15) is 0 Å². The van der Waals surface area contributed by atoms with Crippen LogP contribution in [-0.2, 0) is 4.79 Å². The third-order valence-corrected chi connectivity index (χ3v) is 4.70. The number of hydrogen-bond acceptors (Lipinski definition) is 4. The molecule has 6 heteroatoms. The van der Waals surface area contributed by atoms with Crippen molar-refractivity contribution < 1.29 is 18.7 Å². The van der Waals surface area contributed by atoms with Crippen LogP contribution < -0.4 is 15.4 Å². The number of furan rings is 1. The van der Waals surface area contributed by atoms with E-state index in [0.29, 0.717) is 16.9 Å². The molecule has 6 nitrogen and oxygen atoms in total. The van der Waals surface area contributed by atoms with Gasteiger partial charge < -0.3 is 19.8 Å². The first kappa shape index (κ1) is 19.5. The highest BCUT2D eigenvalue weighted by Gasteiger charge is 2.19. The molecule has 146 valence electrons. The molecule has 0 saturated carbocycles. The molecule has 1 aromatic heterocycles. The van der Waals surface area contributed by atoms with Gasteiger partial charge >= 0.3 is 0 Å². The summed E-state index contributed by atoms with van der Waals surface area (Å²) >= 11 is 0. The number of carbonyl (C=O) groups excluding carboxylic acids is 2. The Morgan fingerprint density at radius 1 is 1.04 bits per heavy atom. The minimum Gasteiger partial charge on any atom is -0.497 e. The van der Waals surface area contributed by atoms with Gasteiger partial charge in [-0.1, -0.05) is 17.7 Å². The fourth-order valence-corrected chi connectivity index (χ4v) is 3.35. The molecular formula is C22H24N2O4. The fourth-order valence-electron chi connectivity index (χ4n) is 3.35. The van der Waals surface area contributed by atoms with E-state index in [2.05, 4.69) is 10.6 Å². The summed E-state index contributed by atoms with van der Waals surface area (Å²) in [6.45, 7) is 7.56. The molecule has 3 aromatic rings. The third kappa shape index (κ3) is 3.86. The molecule has 0 radical (unpaired) electrons. The van der Waals surface area contributed by atoms with Gasteiger partial charge in [0.2, 0.25) is 5.91 Å². The number of hydrogen-bond donors (Lipinski definition) is 2. The van der Waals surface area contributed by atoms with E-state index in [1.165, 1.54) is 0 Å². The number of fused-ring (bicyclic) bond motifs is 1. The molecule has 0 fully saturated rings. The van der Waals surface area contributed by atoms with E-state index in [4.69, 9.17) is 9.15 Å². The van der Waals surface area contributed by atoms with Crippen molar-refractivity contribution in [3.63, 3.8) is 0 Å². The van der Waals surface area contributed by atoms with Gasteiger partial charge in [0.15, 0.2) is 5.76 Å². The minimum absolute atomic E-state index is 0.147. The van der Waals surface area contributed by atoms with E-state index in [9.17, 15) is 9.59 Å². The van der Waals surface area contributed by atoms with Gasteiger partial charge in [-0.3, -0.25) is 9.59 Å². The van der Waals surface area contributed by atoms with E-state index < -0.39 is 5.91 Å². The molecule has 2 aromatic carbocycles. The summed E-state index contributed by atoms with van der Waals surface area (Å²) in [6, 6.07) is 9.36. The molecule has 0 unspecified atom stereocenters. The lowest BCUT2D eigenvalue weighted by Crippen LogP contribution is -2.33. The average Bonchev–Trinajstić information content (AvgIpc) is 2.98. The third-order valence-electron chi connectivity index (χ3n) is 4.70. The van der Waals surface area contributed by atoms with Gasteiger partial charge in [0.1, 0.15) is 11.3 Å². The maximum atomic E-state index is 12.5. The number of methoxy groups -OCH3 is 1. The number of ether oxygens (including phenoxy) is 1. The first-order valence-corrected chi connectivity index (χ1v) is 9.03. The van der Waals surface area contributed by atoms with Crippen LogP contribution in [0.2, 0.25) is 0 Å². The fraction of sp³-hybridized carbons (Fsp3) is 0.273. The van der Waals surface area contributed by atoms with Crippen LogP contribution in [0.15, 0.2) is 34.7 Å². The van der Waals surface area contributed by atoms with Crippen molar-refractivity contribution in [1.82, 2.24) is 5.32 Å². The van der Waals surface area contributed by atoms with Crippen molar-refractivity contribution in [3.05, 3.63) is 58.3 Å². The zero-order valence-corrected chi connectivity index (χ0v) is 16.7. The Bertz CT molecular complexity index is 1040. The van der Waals surface area contributed by atoms with Gasteiger partial charge in [-0.05, 0) is 57.0 Å². The minimum atomic E-state index is -0.430. The zero-order valence-electron chi connectivity index (χ0n) is 16.7. The molecule has 0 atom stereocenters. The van der Waals surface area contributed by atoms with Crippen LogP contribution >= 0.6 is 0 Å². The standard InChI is InChI=1S/C22H24N2O4/c1-12-8-13(2)20(14(3)9-12)24-19(25)11-23-22(26)21-15(4)17-10-16(27-5)6-7-18(17)28-21/h6-10H,11H2,1-5H3,(H,23,26)(H,24,25). The average molecular weight is 380 g/mol. The molecule has 3 rings (SSSR count). The lowest BCUT2D eigenvalue weighted by molar-refractivity contribution is -0.115. The van der Waals surface area contributed by atoms with Gasteiger partial charge in [-0.15, -0.1) is 0 Å². The van der Waals surface area contributed by atoms with E-state index in [-0.39, 0.29) is 18.2 Å². The van der Waals surface area contributed by atoms with Crippen molar-refractivity contribution in [2.24, 2.45) is 0 Å². The second kappa shape index (κ2) is 7.76. The monoisotopic (exact) mass is 380 g/mol. The predicted molar refractivity (Wildman–Crippen MR) is 109 cm³/mol. The highest BCUT2D eigenvalue weighted by Crippen LogP contribution is 2.28. The first-order chi connectivity index (χ1) is 13.3. The summed E-state index contributed by atoms with van der Waals surface area (Å²) in [6.07, 6.45) is 0. The van der Waals surface area contributed by atoms with Crippen LogP contribution in [0.4, 0.5) is 5.69 Å². The summed E-state index contributed by atoms with van der Waals surface area (Å²) in [5.74, 6) is 0.157. The van der Waals surface area contributed by atoms with E-state index in [1.54, 1.807) is 26.2 Å². The molecular weight excluding hydrogens is 356 g/mol. The lowest BCUT2D eigenvalue weighted by Gasteiger charge is -2.13. The second-order valence-corrected chi connectivity index (χ2v) is 6.92. The molecule has 2 N–H and O–H groups in total. The van der Waals surface area contributed by atoms with E-state index >= 15 is 0 Å². The summed E-state index contributed by atoms with van der Waals surface area (Å²) < 4.78 is 10.9. The molecule has 2 amide bonds. The molecule has 0 aliphatic heterocycles. The number of aryl methyl sites for hydroxylation is 4. The van der Waals surface area contributed by atoms with Crippen molar-refractivity contribution in [1.29, 1.82) is 0 Å². The normalized spacial score (nSPS) is 10.8. The smallest absolute Gasteiger partial charge is 0.287 e. The van der Waals surface area contributed by atoms with Crippen LogP contribution in [0.25, 0.3) is 11.0 Å². The Kier molecular flexibility index (Phi) is 5.40. The second-order valence-electron chi connectivity index (χ2n) is 6.92. The van der Waals surface area contributed by atoms with Crippen LogP contribution in [0.3, 0.4) is 0 Å². The Morgan fingerprint density at radius 3 is 2.36 bits per heavy atom. The molecule has 28 heavy (non-hydrogen) atoms. The number of benzene rings is 2. The van der Waals surface area contributed by atoms with Gasteiger partial charge in [0.05, 0.1) is 13.7 Å². The van der Waals surface area contributed by atoms with Gasteiger partial charge in [0.25, 0.3) is 5.91 Å². The summed E-state index contributed by atoms with van der Waals surface area (Å²) in [4.78, 5) is 24.8. The maximum absolute atomic E-state index is 12.5. The quantitative estimate of drug-likeness (QED) is 0.700. The molecule has 0 aliphatic rings. The summed E-state index contributed by atoms with van der Waals surface area (Å²) in [5.41, 5.74) is 5.18. The highest BCUT2D eigenvalue weighted by atomic mass is 16.5. The number of anilines is 1. The number of rotatable bonds is 5. The Hall–Kier alpha value is -3.28. The van der Waals surface area contributed by atoms with Crippen molar-refractivity contribution in [2.75, 3.05) is 19.0 Å². The molecule has 0 saturated heterocycles. The van der Waals surface area contributed by atoms with Crippen LogP contribution in [0.5, 0.6) is 5.75 Å². The van der Waals surface area contributed by atoms with Crippen LogP contribution in [-0.4, -0.2) is 25.5 Å². The van der Waals surface area contributed by atoms with Crippen molar-refractivity contribution in [3.8, 4) is 5.75 Å². The Morgan fingerprint density at radius 2 is 1.71 bits per heavy atom. The predicted octanol–water partition coefficient (Wildman–Crippen LogP) is 4.04. The molecule has 0 bridgehead atoms. The SMILES string of the molecule is COc1ccc2oc(C(=O)NCC(=O)Nc3c(C)cc(C)cc3C)c(C)c2c1. The van der Waals surface area contributed by atoms with Gasteiger partial charge in [0, 0.05) is 16.6 Å². The van der Waals surface area contributed by atoms with E-state index in [1.807, 2.05) is 39.0 Å². The van der Waals surface area contributed by atoms with Crippen LogP contribution in [0, 0.1) is 27.7 Å². The molecule has 0 aliphatic carbocycles. The van der Waals surface area contributed by atoms with Crippen molar-refractivity contribution in [2.45, 2.75) is 27.7 Å². The number of amides is 2. The van der Waals surface area contributed by atoms with Gasteiger partial charge in [-0.25, -0.2) is 0 Å². The first-order valence-electron chi connectivity index (χ1n) is 9.03. The number of carbonyl (C=O) groups is 2. The topological polar surface area (TPSA) is 80.6 Å². The molecule has 0 spiro atoms. The molecule has 1 heterocycles. The highest BCUT2D eigenvalue weighted by molar-refractivity contribution is 6.02. The van der Waals surface area contributed by atoms with Crippen LogP contribution in [0.1, 0.15) is 32.8 Å². The maximum Gasteiger partial charge on any atom is 0.287 e.